The van der Waals surface area contributed by atoms with E-state index in [9.17, 15) is 14.9 Å². The Hall–Kier alpha value is -3.09. The number of carbonyl (C=O) groups excluding carboxylic acids is 1. The van der Waals surface area contributed by atoms with E-state index in [-0.39, 0.29) is 16.5 Å². The molecule has 2 saturated heterocycles. The highest BCUT2D eigenvalue weighted by atomic mass is 16.6. The summed E-state index contributed by atoms with van der Waals surface area (Å²) in [6, 6.07) is 14.7. The smallest absolute Gasteiger partial charge is 0.292 e. The summed E-state index contributed by atoms with van der Waals surface area (Å²) >= 11 is 0. The third-order valence-corrected chi connectivity index (χ3v) is 5.56. The minimum atomic E-state index is -0.298. The second-order valence-corrected chi connectivity index (χ2v) is 7.27. The Kier molecular flexibility index (Phi) is 5.14. The number of hydrogen-bond acceptors (Lipinski definition) is 5. The molecular weight excluding hydrogens is 356 g/mol. The molecule has 1 amide bonds. The van der Waals surface area contributed by atoms with Gasteiger partial charge in [-0.1, -0.05) is 18.2 Å². The molecule has 2 aromatic carbocycles. The van der Waals surface area contributed by atoms with E-state index in [2.05, 4.69) is 9.80 Å². The summed E-state index contributed by atoms with van der Waals surface area (Å²) in [7, 11) is 0. The minimum absolute atomic E-state index is 0.0571. The molecule has 0 bridgehead atoms. The van der Waals surface area contributed by atoms with Gasteiger partial charge in [0.2, 0.25) is 0 Å². The van der Waals surface area contributed by atoms with E-state index >= 15 is 0 Å². The first kappa shape index (κ1) is 18.3. The Morgan fingerprint density at radius 1 is 0.857 bits per heavy atom. The fourth-order valence-electron chi connectivity index (χ4n) is 4.01. The standard InChI is InChI=1S/C21H24N4O3/c26-21(17-6-2-1-3-7-17)24-14-12-22(13-15-24)18-8-9-19(25(27)28)20(16-18)23-10-4-5-11-23/h1-3,6-9,16H,4-5,10-15H2. The molecule has 0 unspecified atom stereocenters. The van der Waals surface area contributed by atoms with Crippen LogP contribution in [0.15, 0.2) is 48.5 Å². The Labute approximate surface area is 164 Å². The lowest BCUT2D eigenvalue weighted by molar-refractivity contribution is -0.384. The fourth-order valence-corrected chi connectivity index (χ4v) is 4.01. The summed E-state index contributed by atoms with van der Waals surface area (Å²) in [6.07, 6.45) is 2.14. The summed E-state index contributed by atoms with van der Waals surface area (Å²) in [6.45, 7) is 4.45. The molecule has 2 aliphatic rings. The van der Waals surface area contributed by atoms with Gasteiger partial charge in [-0.2, -0.15) is 0 Å². The van der Waals surface area contributed by atoms with Crippen molar-refractivity contribution in [1.82, 2.24) is 4.90 Å². The first-order chi connectivity index (χ1) is 13.6. The monoisotopic (exact) mass is 380 g/mol. The normalized spacial score (nSPS) is 17.1. The van der Waals surface area contributed by atoms with E-state index in [1.807, 2.05) is 47.4 Å². The maximum absolute atomic E-state index is 12.6. The maximum atomic E-state index is 12.6. The summed E-state index contributed by atoms with van der Waals surface area (Å²) in [5, 5.41) is 11.4. The molecule has 2 heterocycles. The predicted octanol–water partition coefficient (Wildman–Crippen LogP) is 3.16. The van der Waals surface area contributed by atoms with Crippen molar-refractivity contribution in [2.45, 2.75) is 12.8 Å². The Morgan fingerprint density at radius 2 is 1.54 bits per heavy atom. The zero-order valence-corrected chi connectivity index (χ0v) is 15.8. The van der Waals surface area contributed by atoms with Crippen molar-refractivity contribution in [2.75, 3.05) is 49.1 Å². The van der Waals surface area contributed by atoms with Crippen molar-refractivity contribution in [3.63, 3.8) is 0 Å². The van der Waals surface area contributed by atoms with Crippen molar-refractivity contribution < 1.29 is 9.72 Å². The van der Waals surface area contributed by atoms with Crippen LogP contribution < -0.4 is 9.80 Å². The van der Waals surface area contributed by atoms with Gasteiger partial charge in [0.25, 0.3) is 11.6 Å². The van der Waals surface area contributed by atoms with Gasteiger partial charge in [-0.05, 0) is 37.1 Å². The minimum Gasteiger partial charge on any atom is -0.368 e. The molecule has 2 aromatic rings. The molecule has 7 heteroatoms. The van der Waals surface area contributed by atoms with E-state index in [0.29, 0.717) is 24.3 Å². The number of nitro groups is 1. The van der Waals surface area contributed by atoms with Gasteiger partial charge in [-0.15, -0.1) is 0 Å². The van der Waals surface area contributed by atoms with Crippen LogP contribution in [-0.2, 0) is 0 Å². The zero-order valence-electron chi connectivity index (χ0n) is 15.8. The van der Waals surface area contributed by atoms with Gasteiger partial charge in [-0.3, -0.25) is 14.9 Å². The van der Waals surface area contributed by atoms with Crippen molar-refractivity contribution in [1.29, 1.82) is 0 Å². The summed E-state index contributed by atoms with van der Waals surface area (Å²) < 4.78 is 0. The molecule has 0 aliphatic carbocycles. The molecule has 0 spiro atoms. The van der Waals surface area contributed by atoms with Gasteiger partial charge in [0.15, 0.2) is 0 Å². The van der Waals surface area contributed by atoms with Gasteiger partial charge < -0.3 is 14.7 Å². The van der Waals surface area contributed by atoms with Gasteiger partial charge in [-0.25, -0.2) is 0 Å². The molecule has 0 N–H and O–H groups in total. The molecule has 4 rings (SSSR count). The molecule has 146 valence electrons. The number of amides is 1. The molecule has 2 fully saturated rings. The van der Waals surface area contributed by atoms with Crippen LogP contribution in [0.3, 0.4) is 0 Å². The number of rotatable bonds is 4. The van der Waals surface area contributed by atoms with Crippen LogP contribution in [0.5, 0.6) is 0 Å². The zero-order chi connectivity index (χ0) is 19.5. The van der Waals surface area contributed by atoms with E-state index in [0.717, 1.165) is 44.7 Å². The van der Waals surface area contributed by atoms with Gasteiger partial charge in [0.1, 0.15) is 5.69 Å². The Balaban J connectivity index is 1.48. The van der Waals surface area contributed by atoms with E-state index in [1.165, 1.54) is 0 Å². The quantitative estimate of drug-likeness (QED) is 0.602. The highest BCUT2D eigenvalue weighted by Crippen LogP contribution is 2.34. The molecule has 0 radical (unpaired) electrons. The largest absolute Gasteiger partial charge is 0.368 e. The molecule has 2 aliphatic heterocycles. The van der Waals surface area contributed by atoms with Crippen molar-refractivity contribution >= 4 is 23.0 Å². The van der Waals surface area contributed by atoms with E-state index in [4.69, 9.17) is 0 Å². The first-order valence-electron chi connectivity index (χ1n) is 9.76. The van der Waals surface area contributed by atoms with Crippen LogP contribution in [0.25, 0.3) is 0 Å². The van der Waals surface area contributed by atoms with Gasteiger partial charge in [0.05, 0.1) is 4.92 Å². The summed E-state index contributed by atoms with van der Waals surface area (Å²) in [5.41, 5.74) is 2.58. The molecule has 0 atom stereocenters. The average Bonchev–Trinajstić information content (AvgIpc) is 3.28. The Morgan fingerprint density at radius 3 is 2.18 bits per heavy atom. The van der Waals surface area contributed by atoms with Gasteiger partial charge >= 0.3 is 0 Å². The first-order valence-corrected chi connectivity index (χ1v) is 9.76. The molecule has 0 saturated carbocycles. The molecular formula is C21H24N4O3. The van der Waals surface area contributed by atoms with Gasteiger partial charge in [0, 0.05) is 56.6 Å². The van der Waals surface area contributed by atoms with Crippen molar-refractivity contribution in [3.8, 4) is 0 Å². The van der Waals surface area contributed by atoms with Crippen LogP contribution in [0, 0.1) is 10.1 Å². The van der Waals surface area contributed by atoms with E-state index in [1.54, 1.807) is 6.07 Å². The topological polar surface area (TPSA) is 69.9 Å². The van der Waals surface area contributed by atoms with Crippen LogP contribution in [0.2, 0.25) is 0 Å². The number of hydrogen-bond donors (Lipinski definition) is 0. The second-order valence-electron chi connectivity index (χ2n) is 7.27. The third kappa shape index (κ3) is 3.65. The second kappa shape index (κ2) is 7.88. The lowest BCUT2D eigenvalue weighted by atomic mass is 10.1. The molecule has 7 nitrogen and oxygen atoms in total. The Bertz CT molecular complexity index is 857. The lowest BCUT2D eigenvalue weighted by Gasteiger charge is -2.36. The predicted molar refractivity (Wildman–Crippen MR) is 109 cm³/mol. The number of benzene rings is 2. The van der Waals surface area contributed by atoms with Crippen LogP contribution in [0.1, 0.15) is 23.2 Å². The van der Waals surface area contributed by atoms with Crippen LogP contribution in [-0.4, -0.2) is 55.0 Å². The third-order valence-electron chi connectivity index (χ3n) is 5.56. The average molecular weight is 380 g/mol. The number of nitro benzene ring substituents is 1. The van der Waals surface area contributed by atoms with E-state index < -0.39 is 0 Å². The summed E-state index contributed by atoms with van der Waals surface area (Å²) in [5.74, 6) is 0.0571. The van der Waals surface area contributed by atoms with Crippen LogP contribution in [0.4, 0.5) is 17.1 Å². The number of anilines is 2. The van der Waals surface area contributed by atoms with Crippen molar-refractivity contribution in [3.05, 3.63) is 64.2 Å². The highest BCUT2D eigenvalue weighted by molar-refractivity contribution is 5.94. The summed E-state index contributed by atoms with van der Waals surface area (Å²) in [4.78, 5) is 29.9. The number of carbonyl (C=O) groups is 1. The molecule has 0 aromatic heterocycles. The fraction of sp³-hybridized carbons (Fsp3) is 0.381. The molecule has 28 heavy (non-hydrogen) atoms. The SMILES string of the molecule is O=C(c1ccccc1)N1CCN(c2ccc([N+](=O)[O-])c(N3CCCC3)c2)CC1. The maximum Gasteiger partial charge on any atom is 0.292 e. The van der Waals surface area contributed by atoms with Crippen LogP contribution >= 0.6 is 0 Å². The van der Waals surface area contributed by atoms with Crippen molar-refractivity contribution in [2.24, 2.45) is 0 Å². The highest BCUT2D eigenvalue weighted by Gasteiger charge is 2.26. The lowest BCUT2D eigenvalue weighted by Crippen LogP contribution is -2.48. The number of piperazine rings is 1. The number of nitrogens with zero attached hydrogens (tertiary/aromatic N) is 4.